The summed E-state index contributed by atoms with van der Waals surface area (Å²) < 4.78 is 14.2. The maximum atomic E-state index is 14.2. The van der Waals surface area contributed by atoms with Crippen molar-refractivity contribution in [2.45, 2.75) is 26.8 Å². The van der Waals surface area contributed by atoms with Gasteiger partial charge in [0.25, 0.3) is 5.91 Å². The molecule has 1 amide bonds. The zero-order chi connectivity index (χ0) is 22.0. The van der Waals surface area contributed by atoms with Crippen LogP contribution in [0.1, 0.15) is 39.3 Å². The molecule has 1 aromatic heterocycles. The lowest BCUT2D eigenvalue weighted by molar-refractivity contribution is 0.0762. The van der Waals surface area contributed by atoms with E-state index in [-0.39, 0.29) is 11.5 Å². The first-order chi connectivity index (χ1) is 14.9. The number of fused-ring (bicyclic) bond motifs is 1. The van der Waals surface area contributed by atoms with Crippen molar-refractivity contribution in [1.29, 1.82) is 5.26 Å². The molecule has 31 heavy (non-hydrogen) atoms. The molecule has 3 aromatic rings. The third-order valence-electron chi connectivity index (χ3n) is 5.74. The zero-order valence-corrected chi connectivity index (χ0v) is 17.7. The molecule has 4 rings (SSSR count). The van der Waals surface area contributed by atoms with Crippen LogP contribution < -0.4 is 0 Å². The van der Waals surface area contributed by atoms with Gasteiger partial charge in [0.15, 0.2) is 0 Å². The molecule has 6 nitrogen and oxygen atoms in total. The highest BCUT2D eigenvalue weighted by molar-refractivity contribution is 6.04. The van der Waals surface area contributed by atoms with Crippen molar-refractivity contribution in [3.8, 4) is 6.07 Å². The number of aromatic nitrogens is 2. The maximum absolute atomic E-state index is 14.2. The average molecular weight is 417 g/mol. The molecule has 7 heteroatoms. The number of hydrogen-bond acceptors (Lipinski definition) is 5. The van der Waals surface area contributed by atoms with Gasteiger partial charge in [-0.2, -0.15) is 5.26 Å². The molecule has 0 radical (unpaired) electrons. The zero-order valence-electron chi connectivity index (χ0n) is 17.7. The Morgan fingerprint density at radius 2 is 1.81 bits per heavy atom. The largest absolute Gasteiger partial charge is 0.337 e. The predicted molar refractivity (Wildman–Crippen MR) is 116 cm³/mol. The second kappa shape index (κ2) is 8.78. The summed E-state index contributed by atoms with van der Waals surface area (Å²) >= 11 is 0. The number of hydrogen-bond donors (Lipinski definition) is 0. The highest BCUT2D eigenvalue weighted by Crippen LogP contribution is 2.21. The summed E-state index contributed by atoms with van der Waals surface area (Å²) in [5, 5.41) is 8.94. The van der Waals surface area contributed by atoms with Crippen LogP contribution in [0, 0.1) is 31.0 Å². The molecule has 1 aliphatic heterocycles. The smallest absolute Gasteiger partial charge is 0.256 e. The van der Waals surface area contributed by atoms with Crippen LogP contribution >= 0.6 is 0 Å². The summed E-state index contributed by atoms with van der Waals surface area (Å²) in [6, 6.07) is 12.3. The summed E-state index contributed by atoms with van der Waals surface area (Å²) in [5.74, 6) is -0.687. The molecule has 0 saturated carbocycles. The quantitative estimate of drug-likeness (QED) is 0.651. The SMILES string of the molecule is Cc1nc2cc(F)cc(C(=O)N3CCCN(Cc4ccc(C#N)cc4)CC3)c2nc1C. The number of carbonyl (C=O) groups is 1. The highest BCUT2D eigenvalue weighted by atomic mass is 19.1. The summed E-state index contributed by atoms with van der Waals surface area (Å²) in [6.45, 7) is 7.19. The average Bonchev–Trinajstić information content (AvgIpc) is 3.00. The molecular formula is C24H24FN5O. The van der Waals surface area contributed by atoms with E-state index in [2.05, 4.69) is 20.9 Å². The van der Waals surface area contributed by atoms with Gasteiger partial charge in [-0.3, -0.25) is 9.69 Å². The fraction of sp³-hybridized carbons (Fsp3) is 0.333. The van der Waals surface area contributed by atoms with Gasteiger partial charge < -0.3 is 4.90 Å². The van der Waals surface area contributed by atoms with Crippen LogP contribution in [0.4, 0.5) is 4.39 Å². The van der Waals surface area contributed by atoms with Gasteiger partial charge in [0.1, 0.15) is 11.3 Å². The highest BCUT2D eigenvalue weighted by Gasteiger charge is 2.24. The molecule has 2 aromatic carbocycles. The summed E-state index contributed by atoms with van der Waals surface area (Å²) in [6.07, 6.45) is 0.832. The van der Waals surface area contributed by atoms with Gasteiger partial charge in [0.2, 0.25) is 0 Å². The summed E-state index contributed by atoms with van der Waals surface area (Å²) in [7, 11) is 0. The van der Waals surface area contributed by atoms with Gasteiger partial charge >= 0.3 is 0 Å². The lowest BCUT2D eigenvalue weighted by Gasteiger charge is -2.22. The van der Waals surface area contributed by atoms with E-state index in [4.69, 9.17) is 5.26 Å². The van der Waals surface area contributed by atoms with E-state index >= 15 is 0 Å². The molecule has 0 bridgehead atoms. The van der Waals surface area contributed by atoms with Gasteiger partial charge in [-0.25, -0.2) is 14.4 Å². The molecule has 2 heterocycles. The number of carbonyl (C=O) groups excluding carboxylic acids is 1. The molecule has 0 spiro atoms. The minimum Gasteiger partial charge on any atom is -0.337 e. The molecular weight excluding hydrogens is 393 g/mol. The fourth-order valence-electron chi connectivity index (χ4n) is 3.91. The third kappa shape index (κ3) is 4.54. The standard InChI is InChI=1S/C24H24FN5O/c1-16-17(2)28-23-21(12-20(25)13-22(23)27-16)24(31)30-9-3-8-29(10-11-30)15-19-6-4-18(14-26)5-7-19/h4-7,12-13H,3,8-11,15H2,1-2H3. The summed E-state index contributed by atoms with van der Waals surface area (Å²) in [5.41, 5.74) is 4.37. The first-order valence-corrected chi connectivity index (χ1v) is 10.4. The first-order valence-electron chi connectivity index (χ1n) is 10.4. The van der Waals surface area contributed by atoms with E-state index in [0.717, 1.165) is 43.0 Å². The molecule has 0 unspecified atom stereocenters. The van der Waals surface area contributed by atoms with Gasteiger partial charge in [0.05, 0.1) is 34.1 Å². The maximum Gasteiger partial charge on any atom is 0.256 e. The Morgan fingerprint density at radius 1 is 1.06 bits per heavy atom. The lowest BCUT2D eigenvalue weighted by Crippen LogP contribution is -2.35. The topological polar surface area (TPSA) is 73.1 Å². The van der Waals surface area contributed by atoms with Crippen LogP contribution in [-0.4, -0.2) is 51.9 Å². The van der Waals surface area contributed by atoms with Crippen molar-refractivity contribution in [3.05, 3.63) is 70.3 Å². The van der Waals surface area contributed by atoms with Crippen molar-refractivity contribution < 1.29 is 9.18 Å². The number of benzene rings is 2. The normalized spacial score (nSPS) is 15.0. The Hall–Kier alpha value is -3.37. The van der Waals surface area contributed by atoms with Gasteiger partial charge in [-0.15, -0.1) is 0 Å². The van der Waals surface area contributed by atoms with E-state index in [1.54, 1.807) is 4.90 Å². The Kier molecular flexibility index (Phi) is 5.92. The number of nitriles is 1. The molecule has 0 N–H and O–H groups in total. The van der Waals surface area contributed by atoms with E-state index in [1.165, 1.54) is 12.1 Å². The van der Waals surface area contributed by atoms with Crippen LogP contribution in [0.2, 0.25) is 0 Å². The van der Waals surface area contributed by atoms with Crippen molar-refractivity contribution >= 4 is 16.9 Å². The summed E-state index contributed by atoms with van der Waals surface area (Å²) in [4.78, 5) is 26.3. The lowest BCUT2D eigenvalue weighted by atomic mass is 10.1. The van der Waals surface area contributed by atoms with Crippen LogP contribution in [-0.2, 0) is 6.54 Å². The van der Waals surface area contributed by atoms with Crippen LogP contribution in [0.5, 0.6) is 0 Å². The number of aryl methyl sites for hydroxylation is 2. The van der Waals surface area contributed by atoms with Crippen LogP contribution in [0.3, 0.4) is 0 Å². The second-order valence-corrected chi connectivity index (χ2v) is 7.95. The molecule has 0 atom stereocenters. The van der Waals surface area contributed by atoms with E-state index in [0.29, 0.717) is 29.7 Å². The molecule has 1 fully saturated rings. The van der Waals surface area contributed by atoms with E-state index in [1.807, 2.05) is 38.1 Å². The fourth-order valence-corrected chi connectivity index (χ4v) is 3.91. The van der Waals surface area contributed by atoms with Gasteiger partial charge in [0, 0.05) is 38.8 Å². The second-order valence-electron chi connectivity index (χ2n) is 7.95. The van der Waals surface area contributed by atoms with Gasteiger partial charge in [-0.05, 0) is 44.0 Å². The van der Waals surface area contributed by atoms with Crippen molar-refractivity contribution in [3.63, 3.8) is 0 Å². The molecule has 1 saturated heterocycles. The number of rotatable bonds is 3. The Labute approximate surface area is 180 Å². The Morgan fingerprint density at radius 3 is 2.55 bits per heavy atom. The third-order valence-corrected chi connectivity index (χ3v) is 5.74. The minimum atomic E-state index is -0.481. The van der Waals surface area contributed by atoms with Gasteiger partial charge in [-0.1, -0.05) is 12.1 Å². The number of amides is 1. The molecule has 0 aliphatic carbocycles. The molecule has 158 valence electrons. The van der Waals surface area contributed by atoms with Crippen LogP contribution in [0.25, 0.3) is 11.0 Å². The first kappa shape index (κ1) is 20.9. The Bertz CT molecular complexity index is 1170. The number of halogens is 1. The molecule has 1 aliphatic rings. The van der Waals surface area contributed by atoms with Crippen molar-refractivity contribution in [2.24, 2.45) is 0 Å². The van der Waals surface area contributed by atoms with Crippen molar-refractivity contribution in [1.82, 2.24) is 19.8 Å². The monoisotopic (exact) mass is 417 g/mol. The van der Waals surface area contributed by atoms with Crippen molar-refractivity contribution in [2.75, 3.05) is 26.2 Å². The predicted octanol–water partition coefficient (Wildman–Crippen LogP) is 3.61. The Balaban J connectivity index is 1.51. The van der Waals surface area contributed by atoms with Crippen LogP contribution in [0.15, 0.2) is 36.4 Å². The van der Waals surface area contributed by atoms with E-state index < -0.39 is 5.82 Å². The minimum absolute atomic E-state index is 0.206. The van der Waals surface area contributed by atoms with E-state index in [9.17, 15) is 9.18 Å². The number of nitrogens with zero attached hydrogens (tertiary/aromatic N) is 5.